The predicted octanol–water partition coefficient (Wildman–Crippen LogP) is 0.800. The Hall–Kier alpha value is -1.16. The molecule has 1 aliphatic carbocycles. The highest BCUT2D eigenvalue weighted by molar-refractivity contribution is 5.34. The van der Waals surface area contributed by atoms with Crippen LogP contribution in [0.5, 0.6) is 0 Å². The topological polar surface area (TPSA) is 63.8 Å². The molecule has 1 heterocycles. The zero-order valence-corrected chi connectivity index (χ0v) is 8.24. The number of anilines is 1. The molecule has 4 heteroatoms. The van der Waals surface area contributed by atoms with Crippen LogP contribution in [0.25, 0.3) is 0 Å². The maximum Gasteiger partial charge on any atom is 0.129 e. The average Bonchev–Trinajstić information content (AvgIpc) is 2.99. The van der Waals surface area contributed by atoms with E-state index in [0.717, 1.165) is 30.4 Å². The summed E-state index contributed by atoms with van der Waals surface area (Å²) >= 11 is 0. The lowest BCUT2D eigenvalue weighted by Crippen LogP contribution is -2.14. The van der Waals surface area contributed by atoms with E-state index in [0.29, 0.717) is 6.54 Å². The minimum atomic E-state index is 0.627. The van der Waals surface area contributed by atoms with E-state index in [4.69, 9.17) is 5.73 Å². The molecule has 76 valence electrons. The second-order valence-corrected chi connectivity index (χ2v) is 3.76. The van der Waals surface area contributed by atoms with Gasteiger partial charge in [0.15, 0.2) is 0 Å². The Morgan fingerprint density at radius 1 is 1.43 bits per heavy atom. The van der Waals surface area contributed by atoms with Crippen molar-refractivity contribution in [3.8, 4) is 0 Å². The van der Waals surface area contributed by atoms with Gasteiger partial charge in [-0.1, -0.05) is 0 Å². The zero-order valence-electron chi connectivity index (χ0n) is 8.24. The number of rotatable bonds is 5. The quantitative estimate of drug-likeness (QED) is 0.724. The fourth-order valence-corrected chi connectivity index (χ4v) is 1.42. The van der Waals surface area contributed by atoms with Crippen molar-refractivity contribution in [1.29, 1.82) is 0 Å². The SMILES string of the molecule is NCCNc1cc(CC2CC2)ncn1. The van der Waals surface area contributed by atoms with Gasteiger partial charge in [0.05, 0.1) is 0 Å². The lowest BCUT2D eigenvalue weighted by Gasteiger charge is -2.04. The Morgan fingerprint density at radius 3 is 3.00 bits per heavy atom. The number of aromatic nitrogens is 2. The molecule has 0 spiro atoms. The van der Waals surface area contributed by atoms with Crippen LogP contribution in [0, 0.1) is 5.92 Å². The van der Waals surface area contributed by atoms with E-state index in [2.05, 4.69) is 15.3 Å². The standard InChI is InChI=1S/C10H16N4/c11-3-4-12-10-6-9(13-7-14-10)5-8-1-2-8/h6-8H,1-5,11H2,(H,12,13,14). The van der Waals surface area contributed by atoms with Crippen LogP contribution >= 0.6 is 0 Å². The summed E-state index contributed by atoms with van der Waals surface area (Å²) in [6.07, 6.45) is 5.43. The molecule has 0 amide bonds. The van der Waals surface area contributed by atoms with Gasteiger partial charge in [0, 0.05) is 24.8 Å². The predicted molar refractivity (Wildman–Crippen MR) is 56.0 cm³/mol. The third kappa shape index (κ3) is 2.67. The first kappa shape index (κ1) is 9.40. The highest BCUT2D eigenvalue weighted by atomic mass is 15.0. The van der Waals surface area contributed by atoms with Gasteiger partial charge in [0.2, 0.25) is 0 Å². The first-order valence-corrected chi connectivity index (χ1v) is 5.13. The van der Waals surface area contributed by atoms with Crippen molar-refractivity contribution >= 4 is 5.82 Å². The third-order valence-electron chi connectivity index (χ3n) is 2.37. The monoisotopic (exact) mass is 192 g/mol. The van der Waals surface area contributed by atoms with E-state index >= 15 is 0 Å². The second-order valence-electron chi connectivity index (χ2n) is 3.76. The van der Waals surface area contributed by atoms with Gasteiger partial charge in [0.25, 0.3) is 0 Å². The summed E-state index contributed by atoms with van der Waals surface area (Å²) in [6.45, 7) is 1.39. The summed E-state index contributed by atoms with van der Waals surface area (Å²) in [5, 5.41) is 3.15. The molecule has 1 saturated carbocycles. The van der Waals surface area contributed by atoms with Crippen LogP contribution < -0.4 is 11.1 Å². The largest absolute Gasteiger partial charge is 0.369 e. The molecule has 0 atom stereocenters. The molecule has 4 nitrogen and oxygen atoms in total. The van der Waals surface area contributed by atoms with Crippen molar-refractivity contribution in [2.45, 2.75) is 19.3 Å². The smallest absolute Gasteiger partial charge is 0.129 e. The normalized spacial score (nSPS) is 15.5. The molecule has 0 bridgehead atoms. The van der Waals surface area contributed by atoms with Crippen LogP contribution in [0.3, 0.4) is 0 Å². The van der Waals surface area contributed by atoms with E-state index in [9.17, 15) is 0 Å². The Labute approximate surface area is 83.9 Å². The number of hydrogen-bond donors (Lipinski definition) is 2. The Balaban J connectivity index is 1.94. The first-order chi connectivity index (χ1) is 6.88. The van der Waals surface area contributed by atoms with Crippen molar-refractivity contribution < 1.29 is 0 Å². The van der Waals surface area contributed by atoms with Crippen LogP contribution in [0.2, 0.25) is 0 Å². The molecular weight excluding hydrogens is 176 g/mol. The average molecular weight is 192 g/mol. The molecular formula is C10H16N4. The van der Waals surface area contributed by atoms with Gasteiger partial charge in [-0.15, -0.1) is 0 Å². The van der Waals surface area contributed by atoms with Crippen LogP contribution in [0.4, 0.5) is 5.82 Å². The molecule has 0 radical (unpaired) electrons. The van der Waals surface area contributed by atoms with E-state index < -0.39 is 0 Å². The van der Waals surface area contributed by atoms with Gasteiger partial charge in [-0.2, -0.15) is 0 Å². The minimum Gasteiger partial charge on any atom is -0.369 e. The highest BCUT2D eigenvalue weighted by Gasteiger charge is 2.22. The van der Waals surface area contributed by atoms with Crippen LogP contribution in [-0.2, 0) is 6.42 Å². The van der Waals surface area contributed by atoms with Crippen LogP contribution in [0.15, 0.2) is 12.4 Å². The molecule has 3 N–H and O–H groups in total. The van der Waals surface area contributed by atoms with Crippen molar-refractivity contribution in [1.82, 2.24) is 9.97 Å². The summed E-state index contributed by atoms with van der Waals surface area (Å²) in [5.74, 6) is 1.76. The van der Waals surface area contributed by atoms with Gasteiger partial charge in [-0.25, -0.2) is 9.97 Å². The van der Waals surface area contributed by atoms with Crippen molar-refractivity contribution in [3.63, 3.8) is 0 Å². The first-order valence-electron chi connectivity index (χ1n) is 5.13. The highest BCUT2D eigenvalue weighted by Crippen LogP contribution is 2.32. The number of nitrogens with zero attached hydrogens (tertiary/aromatic N) is 2. The maximum absolute atomic E-state index is 5.40. The molecule has 1 fully saturated rings. The number of nitrogens with two attached hydrogens (primary N) is 1. The lowest BCUT2D eigenvalue weighted by molar-refractivity contribution is 0.798. The molecule has 0 unspecified atom stereocenters. The number of hydrogen-bond acceptors (Lipinski definition) is 4. The van der Waals surface area contributed by atoms with Gasteiger partial charge >= 0.3 is 0 Å². The van der Waals surface area contributed by atoms with Crippen molar-refractivity contribution in [2.24, 2.45) is 11.7 Å². The van der Waals surface area contributed by atoms with E-state index in [1.165, 1.54) is 12.8 Å². The fourth-order valence-electron chi connectivity index (χ4n) is 1.42. The second kappa shape index (κ2) is 4.37. The van der Waals surface area contributed by atoms with Crippen LogP contribution in [-0.4, -0.2) is 23.1 Å². The molecule has 0 saturated heterocycles. The van der Waals surface area contributed by atoms with E-state index in [1.807, 2.05) is 6.07 Å². The van der Waals surface area contributed by atoms with E-state index in [-0.39, 0.29) is 0 Å². The van der Waals surface area contributed by atoms with Crippen molar-refractivity contribution in [3.05, 3.63) is 18.1 Å². The molecule has 1 aromatic heterocycles. The Bertz CT molecular complexity index is 296. The molecule has 14 heavy (non-hydrogen) atoms. The van der Waals surface area contributed by atoms with Crippen LogP contribution in [0.1, 0.15) is 18.5 Å². The molecule has 1 aromatic rings. The summed E-state index contributed by atoms with van der Waals surface area (Å²) in [5.41, 5.74) is 6.54. The van der Waals surface area contributed by atoms with Gasteiger partial charge in [0.1, 0.15) is 12.1 Å². The summed E-state index contributed by atoms with van der Waals surface area (Å²) in [4.78, 5) is 8.37. The minimum absolute atomic E-state index is 0.627. The van der Waals surface area contributed by atoms with Crippen molar-refractivity contribution in [2.75, 3.05) is 18.4 Å². The Morgan fingerprint density at radius 2 is 2.29 bits per heavy atom. The van der Waals surface area contributed by atoms with Gasteiger partial charge in [-0.3, -0.25) is 0 Å². The summed E-state index contributed by atoms with van der Waals surface area (Å²) in [6, 6.07) is 2.02. The fraction of sp³-hybridized carbons (Fsp3) is 0.600. The maximum atomic E-state index is 5.40. The molecule has 2 rings (SSSR count). The summed E-state index contributed by atoms with van der Waals surface area (Å²) in [7, 11) is 0. The van der Waals surface area contributed by atoms with Gasteiger partial charge < -0.3 is 11.1 Å². The zero-order chi connectivity index (χ0) is 9.80. The summed E-state index contributed by atoms with van der Waals surface area (Å²) < 4.78 is 0. The molecule has 0 aromatic carbocycles. The molecule has 0 aliphatic heterocycles. The van der Waals surface area contributed by atoms with E-state index in [1.54, 1.807) is 6.33 Å². The molecule has 1 aliphatic rings. The van der Waals surface area contributed by atoms with Gasteiger partial charge in [-0.05, 0) is 25.2 Å². The lowest BCUT2D eigenvalue weighted by atomic mass is 10.2. The number of nitrogens with one attached hydrogen (secondary N) is 1. The Kier molecular flexibility index (Phi) is 2.93. The third-order valence-corrected chi connectivity index (χ3v) is 2.37.